The summed E-state index contributed by atoms with van der Waals surface area (Å²) < 4.78 is 16.2. The van der Waals surface area contributed by atoms with Crippen LogP contribution in [0.25, 0.3) is 0 Å². The number of ether oxygens (including phenoxy) is 3. The Morgan fingerprint density at radius 3 is 2.95 bits per heavy atom. The third-order valence-corrected chi connectivity index (χ3v) is 3.40. The number of rotatable bonds is 5. The largest absolute Gasteiger partial charge is 0.475 e. The Bertz CT molecular complexity index is 473. The second kappa shape index (κ2) is 6.13. The summed E-state index contributed by atoms with van der Waals surface area (Å²) in [6.45, 7) is 4.65. The van der Waals surface area contributed by atoms with Crippen LogP contribution in [0.3, 0.4) is 0 Å². The lowest BCUT2D eigenvalue weighted by Gasteiger charge is -2.27. The van der Waals surface area contributed by atoms with Gasteiger partial charge in [0.25, 0.3) is 0 Å². The van der Waals surface area contributed by atoms with Gasteiger partial charge in [-0.15, -0.1) is 0 Å². The molecule has 1 aromatic carbocycles. The van der Waals surface area contributed by atoms with Crippen LogP contribution in [-0.4, -0.2) is 37.9 Å². The zero-order chi connectivity index (χ0) is 14.6. The van der Waals surface area contributed by atoms with Gasteiger partial charge in [-0.1, -0.05) is 12.1 Å². The quantitative estimate of drug-likeness (QED) is 0.838. The number of hydrogen-bond donors (Lipinski definition) is 1. The molecule has 1 aromatic rings. The minimum atomic E-state index is -0.601. The number of methoxy groups -OCH3 is 1. The van der Waals surface area contributed by atoms with E-state index in [0.717, 1.165) is 5.69 Å². The molecule has 0 spiro atoms. The Balaban J connectivity index is 1.83. The van der Waals surface area contributed by atoms with E-state index in [1.165, 1.54) is 0 Å². The van der Waals surface area contributed by atoms with Crippen LogP contribution in [0.1, 0.15) is 20.3 Å². The van der Waals surface area contributed by atoms with Gasteiger partial charge in [0.15, 0.2) is 0 Å². The van der Waals surface area contributed by atoms with Crippen LogP contribution in [0.4, 0.5) is 5.69 Å². The van der Waals surface area contributed by atoms with Gasteiger partial charge in [-0.2, -0.15) is 0 Å². The fraction of sp³-hybridized carbons (Fsp3) is 0.533. The van der Waals surface area contributed by atoms with Gasteiger partial charge in [0.05, 0.1) is 24.4 Å². The van der Waals surface area contributed by atoms with Crippen molar-refractivity contribution < 1.29 is 19.0 Å². The van der Waals surface area contributed by atoms with Crippen molar-refractivity contribution in [3.05, 3.63) is 24.3 Å². The summed E-state index contributed by atoms with van der Waals surface area (Å²) in [5.74, 6) is 0.330. The first kappa shape index (κ1) is 14.7. The molecule has 0 aliphatic carbocycles. The lowest BCUT2D eigenvalue weighted by atomic mass is 10.1. The van der Waals surface area contributed by atoms with E-state index >= 15 is 0 Å². The second-order valence-electron chi connectivity index (χ2n) is 5.36. The molecule has 1 aliphatic rings. The summed E-state index contributed by atoms with van der Waals surface area (Å²) in [4.78, 5) is 12.0. The molecule has 0 saturated carbocycles. The van der Waals surface area contributed by atoms with Crippen LogP contribution in [0.5, 0.6) is 5.75 Å². The molecule has 0 amide bonds. The third kappa shape index (κ3) is 3.63. The second-order valence-corrected chi connectivity index (χ2v) is 5.36. The van der Waals surface area contributed by atoms with Gasteiger partial charge >= 0.3 is 5.97 Å². The number of carbonyl (C=O) groups is 1. The highest BCUT2D eigenvalue weighted by atomic mass is 16.6. The van der Waals surface area contributed by atoms with Crippen LogP contribution >= 0.6 is 0 Å². The predicted octanol–water partition coefficient (Wildman–Crippen LogP) is 2.22. The molecule has 110 valence electrons. The van der Waals surface area contributed by atoms with Crippen LogP contribution < -0.4 is 10.1 Å². The normalized spacial score (nSPS) is 17.6. The molecule has 0 bridgehead atoms. The third-order valence-electron chi connectivity index (χ3n) is 3.40. The summed E-state index contributed by atoms with van der Waals surface area (Å²) in [5, 5.41) is 3.16. The van der Waals surface area contributed by atoms with E-state index in [2.05, 4.69) is 5.32 Å². The smallest absolute Gasteiger partial charge is 0.349 e. The van der Waals surface area contributed by atoms with Crippen molar-refractivity contribution in [2.75, 3.05) is 25.6 Å². The van der Waals surface area contributed by atoms with Gasteiger partial charge in [-0.25, -0.2) is 4.79 Å². The first-order chi connectivity index (χ1) is 9.52. The van der Waals surface area contributed by atoms with Gasteiger partial charge in [0, 0.05) is 13.5 Å². The molecule has 5 heteroatoms. The van der Waals surface area contributed by atoms with Crippen LogP contribution in [-0.2, 0) is 14.3 Å². The van der Waals surface area contributed by atoms with Gasteiger partial charge in [0.1, 0.15) is 5.75 Å². The Morgan fingerprint density at radius 2 is 2.20 bits per heavy atom. The number of esters is 1. The molecule has 5 nitrogen and oxygen atoms in total. The average Bonchev–Trinajstić information content (AvgIpc) is 2.46. The average molecular weight is 279 g/mol. The number of anilines is 1. The van der Waals surface area contributed by atoms with Gasteiger partial charge in [-0.05, 0) is 26.0 Å². The molecule has 2 rings (SSSR count). The van der Waals surface area contributed by atoms with E-state index in [1.54, 1.807) is 7.11 Å². The number of carbonyl (C=O) groups excluding carboxylic acids is 1. The maximum Gasteiger partial charge on any atom is 0.349 e. The molecule has 0 fully saturated rings. The summed E-state index contributed by atoms with van der Waals surface area (Å²) in [5.41, 5.74) is 0.607. The maximum absolute atomic E-state index is 12.0. The zero-order valence-corrected chi connectivity index (χ0v) is 12.1. The Hall–Kier alpha value is -1.75. The summed E-state index contributed by atoms with van der Waals surface area (Å²) >= 11 is 0. The topological polar surface area (TPSA) is 56.8 Å². The minimum absolute atomic E-state index is 0.293. The van der Waals surface area contributed by atoms with Gasteiger partial charge in [-0.3, -0.25) is 0 Å². The first-order valence-electron chi connectivity index (χ1n) is 6.73. The number of para-hydroxylation sites is 2. The first-order valence-corrected chi connectivity index (χ1v) is 6.73. The van der Waals surface area contributed by atoms with Gasteiger partial charge < -0.3 is 19.5 Å². The molecular formula is C15H21NO4. The molecule has 0 radical (unpaired) electrons. The van der Waals surface area contributed by atoms with Crippen molar-refractivity contribution in [3.8, 4) is 5.75 Å². The van der Waals surface area contributed by atoms with E-state index < -0.39 is 6.10 Å². The fourth-order valence-electron chi connectivity index (χ4n) is 1.84. The number of benzene rings is 1. The molecule has 1 unspecified atom stereocenters. The summed E-state index contributed by atoms with van der Waals surface area (Å²) in [6, 6.07) is 7.53. The highest BCUT2D eigenvalue weighted by Crippen LogP contribution is 2.28. The van der Waals surface area contributed by atoms with Crippen molar-refractivity contribution in [2.45, 2.75) is 32.0 Å². The van der Waals surface area contributed by atoms with Gasteiger partial charge in [0.2, 0.25) is 6.10 Å². The molecule has 1 N–H and O–H groups in total. The molecule has 1 atom stereocenters. The number of fused-ring (bicyclic) bond motifs is 1. The summed E-state index contributed by atoms with van der Waals surface area (Å²) in [7, 11) is 1.65. The predicted molar refractivity (Wildman–Crippen MR) is 76.0 cm³/mol. The van der Waals surface area contributed by atoms with Crippen LogP contribution in [0.15, 0.2) is 24.3 Å². The van der Waals surface area contributed by atoms with E-state index in [-0.39, 0.29) is 11.6 Å². The standard InChI is InChI=1S/C15H21NO4/c1-15(2,18-3)8-9-19-14(17)13-10-16-11-6-4-5-7-12(11)20-13/h4-7,13,16H,8-10H2,1-3H3. The van der Waals surface area contributed by atoms with Crippen LogP contribution in [0.2, 0.25) is 0 Å². The van der Waals surface area contributed by atoms with E-state index in [9.17, 15) is 4.79 Å². The highest BCUT2D eigenvalue weighted by molar-refractivity contribution is 5.77. The maximum atomic E-state index is 12.0. The summed E-state index contributed by atoms with van der Waals surface area (Å²) in [6.07, 6.45) is 0.0435. The van der Waals surface area contributed by atoms with Crippen molar-refractivity contribution in [3.63, 3.8) is 0 Å². The lowest BCUT2D eigenvalue weighted by Crippen LogP contribution is -2.39. The minimum Gasteiger partial charge on any atom is -0.475 e. The zero-order valence-electron chi connectivity index (χ0n) is 12.1. The fourth-order valence-corrected chi connectivity index (χ4v) is 1.84. The highest BCUT2D eigenvalue weighted by Gasteiger charge is 2.27. The number of nitrogens with one attached hydrogen (secondary N) is 1. The molecule has 0 aromatic heterocycles. The number of hydrogen-bond acceptors (Lipinski definition) is 5. The van der Waals surface area contributed by atoms with Crippen molar-refractivity contribution in [1.29, 1.82) is 0 Å². The lowest BCUT2D eigenvalue weighted by molar-refractivity contribution is -0.153. The Labute approximate surface area is 119 Å². The monoisotopic (exact) mass is 279 g/mol. The van der Waals surface area contributed by atoms with E-state index in [1.807, 2.05) is 38.1 Å². The molecule has 1 aliphatic heterocycles. The Morgan fingerprint density at radius 1 is 1.45 bits per heavy atom. The molecule has 0 saturated heterocycles. The van der Waals surface area contributed by atoms with Crippen molar-refractivity contribution in [2.24, 2.45) is 0 Å². The Kier molecular flexibility index (Phi) is 4.49. The van der Waals surface area contributed by atoms with Crippen LogP contribution in [0, 0.1) is 0 Å². The molecule has 20 heavy (non-hydrogen) atoms. The van der Waals surface area contributed by atoms with Crippen molar-refractivity contribution in [1.82, 2.24) is 0 Å². The SMILES string of the molecule is COC(C)(C)CCOC(=O)C1CNc2ccccc2O1. The van der Waals surface area contributed by atoms with E-state index in [4.69, 9.17) is 14.2 Å². The molecule has 1 heterocycles. The van der Waals surface area contributed by atoms with Crippen molar-refractivity contribution >= 4 is 11.7 Å². The van der Waals surface area contributed by atoms with E-state index in [0.29, 0.717) is 25.3 Å². The molecular weight excluding hydrogens is 258 g/mol.